The number of carbonyl (C=O) groups is 1. The van der Waals surface area contributed by atoms with Crippen LogP contribution < -0.4 is 4.90 Å². The van der Waals surface area contributed by atoms with E-state index in [0.29, 0.717) is 11.5 Å². The van der Waals surface area contributed by atoms with Crippen LogP contribution >= 0.6 is 15.9 Å². The molecule has 3 rings (SSSR count). The number of allylic oxidation sites excluding steroid dienone is 3. The highest BCUT2D eigenvalue weighted by Crippen LogP contribution is 2.27. The minimum absolute atomic E-state index is 0.342. The highest BCUT2D eigenvalue weighted by atomic mass is 79.9. The van der Waals surface area contributed by atoms with E-state index < -0.39 is 5.97 Å². The molecule has 2 aliphatic rings. The molecule has 1 saturated heterocycles. The van der Waals surface area contributed by atoms with Crippen LogP contribution in [0.4, 0.5) is 5.69 Å². The first-order chi connectivity index (χ1) is 11.1. The molecule has 0 saturated carbocycles. The normalized spacial score (nSPS) is 22.0. The average molecular weight is 377 g/mol. The van der Waals surface area contributed by atoms with Gasteiger partial charge in [0.05, 0.1) is 5.56 Å². The summed E-state index contributed by atoms with van der Waals surface area (Å²) >= 11 is 3.67. The van der Waals surface area contributed by atoms with Gasteiger partial charge in [-0.25, -0.2) is 4.79 Å². The molecule has 5 heteroatoms. The summed E-state index contributed by atoms with van der Waals surface area (Å²) in [6.45, 7) is 5.14. The van der Waals surface area contributed by atoms with E-state index in [-0.39, 0.29) is 0 Å². The third-order valence-corrected chi connectivity index (χ3v) is 5.44. The van der Waals surface area contributed by atoms with Crippen molar-refractivity contribution in [3.63, 3.8) is 0 Å². The van der Waals surface area contributed by atoms with E-state index in [2.05, 4.69) is 44.0 Å². The molecule has 0 amide bonds. The van der Waals surface area contributed by atoms with Crippen LogP contribution in [0.3, 0.4) is 0 Å². The van der Waals surface area contributed by atoms with Crippen molar-refractivity contribution < 1.29 is 9.90 Å². The number of hydrogen-bond donors (Lipinski definition) is 1. The Labute approximate surface area is 145 Å². The van der Waals surface area contributed by atoms with Crippen LogP contribution in [0.2, 0.25) is 0 Å². The zero-order valence-corrected chi connectivity index (χ0v) is 14.6. The van der Waals surface area contributed by atoms with E-state index in [4.69, 9.17) is 5.11 Å². The fraction of sp³-hybridized carbons (Fsp3) is 0.389. The van der Waals surface area contributed by atoms with Crippen molar-refractivity contribution in [2.24, 2.45) is 5.92 Å². The molecule has 1 heterocycles. The lowest BCUT2D eigenvalue weighted by atomic mass is 10.00. The maximum Gasteiger partial charge on any atom is 0.335 e. The van der Waals surface area contributed by atoms with Gasteiger partial charge >= 0.3 is 5.97 Å². The molecule has 0 radical (unpaired) electrons. The van der Waals surface area contributed by atoms with Gasteiger partial charge in [0.2, 0.25) is 0 Å². The SMILES string of the molecule is O=C(O)c1ccc(N2CCN(CC3CC=CC=C3Br)CC2)cc1. The lowest BCUT2D eigenvalue weighted by Crippen LogP contribution is -2.47. The Morgan fingerprint density at radius 3 is 2.48 bits per heavy atom. The molecule has 1 fully saturated rings. The second-order valence-corrected chi connectivity index (χ2v) is 6.97. The summed E-state index contributed by atoms with van der Waals surface area (Å²) in [5.41, 5.74) is 1.45. The zero-order chi connectivity index (χ0) is 16.2. The van der Waals surface area contributed by atoms with Crippen LogP contribution in [0, 0.1) is 5.92 Å². The summed E-state index contributed by atoms with van der Waals surface area (Å²) in [7, 11) is 0. The van der Waals surface area contributed by atoms with Crippen LogP contribution in [-0.4, -0.2) is 48.7 Å². The maximum atomic E-state index is 10.9. The molecule has 122 valence electrons. The lowest BCUT2D eigenvalue weighted by molar-refractivity contribution is 0.0697. The number of benzene rings is 1. The summed E-state index contributed by atoms with van der Waals surface area (Å²) < 4.78 is 1.30. The van der Waals surface area contributed by atoms with Crippen molar-refractivity contribution in [1.82, 2.24) is 4.90 Å². The Balaban J connectivity index is 1.53. The van der Waals surface area contributed by atoms with E-state index in [0.717, 1.165) is 44.8 Å². The molecule has 23 heavy (non-hydrogen) atoms. The molecular weight excluding hydrogens is 356 g/mol. The van der Waals surface area contributed by atoms with Gasteiger partial charge in [0.1, 0.15) is 0 Å². The van der Waals surface area contributed by atoms with Crippen LogP contribution in [-0.2, 0) is 0 Å². The van der Waals surface area contributed by atoms with Gasteiger partial charge in [-0.3, -0.25) is 4.90 Å². The maximum absolute atomic E-state index is 10.9. The number of hydrogen-bond acceptors (Lipinski definition) is 3. The highest BCUT2D eigenvalue weighted by Gasteiger charge is 2.22. The first-order valence-corrected chi connectivity index (χ1v) is 8.75. The molecule has 1 unspecified atom stereocenters. The smallest absolute Gasteiger partial charge is 0.335 e. The first-order valence-electron chi connectivity index (χ1n) is 7.96. The van der Waals surface area contributed by atoms with Crippen molar-refractivity contribution >= 4 is 27.6 Å². The Bertz CT molecular complexity index is 616. The standard InChI is InChI=1S/C18H21BrN2O2/c19-17-4-2-1-3-15(17)13-20-9-11-21(12-10-20)16-7-5-14(6-8-16)18(22)23/h1-2,4-8,15H,3,9-13H2,(H,22,23). The van der Waals surface area contributed by atoms with E-state index in [1.165, 1.54) is 4.48 Å². The zero-order valence-electron chi connectivity index (χ0n) is 13.0. The molecule has 0 aromatic heterocycles. The van der Waals surface area contributed by atoms with E-state index >= 15 is 0 Å². The van der Waals surface area contributed by atoms with Gasteiger partial charge in [-0.2, -0.15) is 0 Å². The van der Waals surface area contributed by atoms with Crippen molar-refractivity contribution in [3.05, 3.63) is 52.5 Å². The molecule has 1 aromatic carbocycles. The number of nitrogens with zero attached hydrogens (tertiary/aromatic N) is 2. The van der Waals surface area contributed by atoms with Crippen LogP contribution in [0.15, 0.2) is 47.0 Å². The Hall–Kier alpha value is -1.59. The fourth-order valence-electron chi connectivity index (χ4n) is 3.13. The van der Waals surface area contributed by atoms with E-state index in [1.807, 2.05) is 12.1 Å². The van der Waals surface area contributed by atoms with Crippen molar-refractivity contribution in [2.45, 2.75) is 6.42 Å². The predicted molar refractivity (Wildman–Crippen MR) is 96.3 cm³/mol. The number of aromatic carboxylic acids is 1. The number of carboxylic acids is 1. The van der Waals surface area contributed by atoms with Gasteiger partial charge in [-0.05, 0) is 35.2 Å². The number of piperazine rings is 1. The molecule has 4 nitrogen and oxygen atoms in total. The summed E-state index contributed by atoms with van der Waals surface area (Å²) in [5, 5.41) is 8.96. The Morgan fingerprint density at radius 1 is 1.17 bits per heavy atom. The summed E-state index contributed by atoms with van der Waals surface area (Å²) in [4.78, 5) is 15.8. The lowest BCUT2D eigenvalue weighted by Gasteiger charge is -2.37. The molecule has 1 N–H and O–H groups in total. The molecular formula is C18H21BrN2O2. The van der Waals surface area contributed by atoms with Gasteiger partial charge in [-0.1, -0.05) is 34.2 Å². The molecule has 1 aromatic rings. The van der Waals surface area contributed by atoms with Gasteiger partial charge in [0.25, 0.3) is 0 Å². The van der Waals surface area contributed by atoms with Crippen LogP contribution in [0.25, 0.3) is 0 Å². The topological polar surface area (TPSA) is 43.8 Å². The third-order valence-electron chi connectivity index (χ3n) is 4.53. The number of halogens is 1. The first kappa shape index (κ1) is 16.3. The minimum atomic E-state index is -0.874. The van der Waals surface area contributed by atoms with Crippen LogP contribution in [0.1, 0.15) is 16.8 Å². The molecule has 0 bridgehead atoms. The van der Waals surface area contributed by atoms with Gasteiger partial charge in [0.15, 0.2) is 0 Å². The number of rotatable bonds is 4. The average Bonchev–Trinajstić information content (AvgIpc) is 2.58. The van der Waals surface area contributed by atoms with Gasteiger partial charge in [-0.15, -0.1) is 0 Å². The van der Waals surface area contributed by atoms with Crippen LogP contribution in [0.5, 0.6) is 0 Å². The summed E-state index contributed by atoms with van der Waals surface area (Å²) in [6, 6.07) is 7.18. The van der Waals surface area contributed by atoms with Crippen molar-refractivity contribution in [3.8, 4) is 0 Å². The van der Waals surface area contributed by atoms with E-state index in [1.54, 1.807) is 12.1 Å². The fourth-order valence-corrected chi connectivity index (χ4v) is 3.61. The second kappa shape index (κ2) is 7.32. The predicted octanol–water partition coefficient (Wildman–Crippen LogP) is 3.36. The highest BCUT2D eigenvalue weighted by molar-refractivity contribution is 9.11. The van der Waals surface area contributed by atoms with Gasteiger partial charge in [0, 0.05) is 44.3 Å². The number of anilines is 1. The Morgan fingerprint density at radius 2 is 1.87 bits per heavy atom. The largest absolute Gasteiger partial charge is 0.478 e. The molecule has 1 aliphatic heterocycles. The molecule has 0 spiro atoms. The third kappa shape index (κ3) is 4.03. The number of carboxylic acid groups (broad SMARTS) is 1. The Kier molecular flexibility index (Phi) is 5.18. The quantitative estimate of drug-likeness (QED) is 0.874. The van der Waals surface area contributed by atoms with Crippen molar-refractivity contribution in [2.75, 3.05) is 37.6 Å². The summed E-state index contributed by atoms with van der Waals surface area (Å²) in [5.74, 6) is -0.303. The van der Waals surface area contributed by atoms with Gasteiger partial charge < -0.3 is 10.0 Å². The molecule has 1 atom stereocenters. The summed E-state index contributed by atoms with van der Waals surface area (Å²) in [6.07, 6.45) is 7.59. The minimum Gasteiger partial charge on any atom is -0.478 e. The monoisotopic (exact) mass is 376 g/mol. The molecule has 1 aliphatic carbocycles. The van der Waals surface area contributed by atoms with Crippen molar-refractivity contribution in [1.29, 1.82) is 0 Å². The van der Waals surface area contributed by atoms with E-state index in [9.17, 15) is 4.79 Å². The second-order valence-electron chi connectivity index (χ2n) is 6.05.